The molecule has 9 nitrogen and oxygen atoms in total. The minimum absolute atomic E-state index is 0.294. The molecule has 6 N–H and O–H groups in total. The largest absolute Gasteiger partial charge is 0.382 e. The Balaban J connectivity index is 1.59. The molecular weight excluding hydrogens is 426 g/mol. The zero-order valence-corrected chi connectivity index (χ0v) is 19.2. The monoisotopic (exact) mass is 455 g/mol. The highest BCUT2D eigenvalue weighted by Crippen LogP contribution is 2.32. The third kappa shape index (κ3) is 4.60. The fourth-order valence-corrected chi connectivity index (χ4v) is 4.57. The molecule has 1 aliphatic carbocycles. The Morgan fingerprint density at radius 3 is 2.65 bits per heavy atom. The van der Waals surface area contributed by atoms with Crippen molar-refractivity contribution in [3.63, 3.8) is 0 Å². The van der Waals surface area contributed by atoms with E-state index in [9.17, 15) is 0 Å². The predicted octanol–water partition coefficient (Wildman–Crippen LogP) is 4.09. The minimum Gasteiger partial charge on any atom is -0.382 e. The van der Waals surface area contributed by atoms with Crippen molar-refractivity contribution in [2.24, 2.45) is 26.9 Å². The lowest BCUT2D eigenvalue weighted by Gasteiger charge is -2.27. The zero-order valence-electron chi connectivity index (χ0n) is 19.2. The van der Waals surface area contributed by atoms with Crippen LogP contribution in [0.3, 0.4) is 0 Å². The van der Waals surface area contributed by atoms with Crippen molar-refractivity contribution in [2.45, 2.75) is 44.2 Å². The third-order valence-corrected chi connectivity index (χ3v) is 6.35. The Bertz CT molecular complexity index is 1350. The van der Waals surface area contributed by atoms with Crippen molar-refractivity contribution >= 4 is 33.6 Å². The molecule has 0 amide bonds. The summed E-state index contributed by atoms with van der Waals surface area (Å²) in [4.78, 5) is 13.3. The van der Waals surface area contributed by atoms with Gasteiger partial charge in [-0.15, -0.1) is 5.10 Å². The van der Waals surface area contributed by atoms with Gasteiger partial charge in [-0.2, -0.15) is 5.11 Å². The van der Waals surface area contributed by atoms with Crippen LogP contribution in [0.4, 0.5) is 5.82 Å². The van der Waals surface area contributed by atoms with Crippen molar-refractivity contribution in [1.82, 2.24) is 15.0 Å². The van der Waals surface area contributed by atoms with Crippen LogP contribution in [0, 0.1) is 0 Å². The number of aromatic nitrogens is 3. The van der Waals surface area contributed by atoms with Crippen molar-refractivity contribution < 1.29 is 0 Å². The average molecular weight is 456 g/mol. The van der Waals surface area contributed by atoms with Crippen LogP contribution < -0.4 is 16.8 Å². The molecular formula is C25H29N9. The second-order valence-corrected chi connectivity index (χ2v) is 8.79. The Morgan fingerprint density at radius 2 is 1.88 bits per heavy atom. The maximum atomic E-state index is 6.13. The summed E-state index contributed by atoms with van der Waals surface area (Å²) in [6.07, 6.45) is 4.77. The van der Waals surface area contributed by atoms with Crippen LogP contribution in [0.5, 0.6) is 0 Å². The van der Waals surface area contributed by atoms with Crippen LogP contribution in [0.25, 0.3) is 21.9 Å². The number of H-pyrrole nitrogens is 1. The molecule has 5 rings (SSSR count). The number of amidine groups is 1. The van der Waals surface area contributed by atoms with Gasteiger partial charge in [0.05, 0.1) is 12.4 Å². The number of rotatable bonds is 6. The number of benzene rings is 2. The SMILES string of the molecule is CN=NN=C(N)c1ccc2c(c1)[nH]c1nc(Cc3ccccc3)nc(NC3CCC(N)CC3)c12. The molecule has 34 heavy (non-hydrogen) atoms. The number of nitrogens with zero attached hydrogens (tertiary/aromatic N) is 5. The quantitative estimate of drug-likeness (QED) is 0.150. The fourth-order valence-electron chi connectivity index (χ4n) is 4.57. The van der Waals surface area contributed by atoms with Crippen LogP contribution in [0.2, 0.25) is 0 Å². The van der Waals surface area contributed by atoms with Crippen LogP contribution in [-0.2, 0) is 6.42 Å². The highest BCUT2D eigenvalue weighted by Gasteiger charge is 2.22. The molecule has 0 saturated heterocycles. The van der Waals surface area contributed by atoms with Crippen molar-refractivity contribution in [3.05, 3.63) is 65.5 Å². The molecule has 2 aromatic carbocycles. The van der Waals surface area contributed by atoms with Gasteiger partial charge in [-0.3, -0.25) is 0 Å². The first-order valence-corrected chi connectivity index (χ1v) is 11.6. The van der Waals surface area contributed by atoms with Gasteiger partial charge in [-0.05, 0) is 42.5 Å². The third-order valence-electron chi connectivity index (χ3n) is 6.35. The normalized spacial score (nSPS) is 19.3. The first-order valence-electron chi connectivity index (χ1n) is 11.6. The van der Waals surface area contributed by atoms with Crippen LogP contribution in [-0.4, -0.2) is 39.9 Å². The summed E-state index contributed by atoms with van der Waals surface area (Å²) in [6, 6.07) is 16.8. The molecule has 1 aliphatic rings. The second-order valence-electron chi connectivity index (χ2n) is 8.79. The topological polar surface area (TPSA) is 143 Å². The Labute approximate surface area is 197 Å². The average Bonchev–Trinajstić information content (AvgIpc) is 3.22. The van der Waals surface area contributed by atoms with Gasteiger partial charge in [0.1, 0.15) is 17.3 Å². The Kier molecular flexibility index (Phi) is 6.18. The van der Waals surface area contributed by atoms with Gasteiger partial charge in [0.15, 0.2) is 5.84 Å². The summed E-state index contributed by atoms with van der Waals surface area (Å²) in [5.74, 6) is 1.93. The lowest BCUT2D eigenvalue weighted by Crippen LogP contribution is -2.33. The Hall–Kier alpha value is -3.85. The van der Waals surface area contributed by atoms with E-state index in [-0.39, 0.29) is 0 Å². The van der Waals surface area contributed by atoms with E-state index in [2.05, 4.69) is 37.9 Å². The van der Waals surface area contributed by atoms with E-state index >= 15 is 0 Å². The van der Waals surface area contributed by atoms with Gasteiger partial charge in [0.25, 0.3) is 0 Å². The smallest absolute Gasteiger partial charge is 0.155 e. The van der Waals surface area contributed by atoms with Gasteiger partial charge < -0.3 is 21.8 Å². The van der Waals surface area contributed by atoms with Crippen LogP contribution in [0.1, 0.15) is 42.6 Å². The summed E-state index contributed by atoms with van der Waals surface area (Å²) >= 11 is 0. The molecule has 1 fully saturated rings. The molecule has 1 saturated carbocycles. The molecule has 2 heterocycles. The molecule has 4 aromatic rings. The second kappa shape index (κ2) is 9.56. The van der Waals surface area contributed by atoms with Gasteiger partial charge in [0.2, 0.25) is 0 Å². The summed E-state index contributed by atoms with van der Waals surface area (Å²) in [7, 11) is 1.55. The van der Waals surface area contributed by atoms with E-state index < -0.39 is 0 Å². The lowest BCUT2D eigenvalue weighted by atomic mass is 9.92. The van der Waals surface area contributed by atoms with Crippen molar-refractivity contribution in [2.75, 3.05) is 12.4 Å². The number of hydrogen-bond donors (Lipinski definition) is 4. The number of fused-ring (bicyclic) bond motifs is 3. The number of hydrogen-bond acceptors (Lipinski definition) is 6. The van der Waals surface area contributed by atoms with E-state index in [0.29, 0.717) is 24.3 Å². The van der Waals surface area contributed by atoms with Gasteiger partial charge >= 0.3 is 0 Å². The summed E-state index contributed by atoms with van der Waals surface area (Å²) < 4.78 is 0. The highest BCUT2D eigenvalue weighted by atomic mass is 15.4. The fraction of sp³-hybridized carbons (Fsp3) is 0.320. The molecule has 0 unspecified atom stereocenters. The molecule has 0 aliphatic heterocycles. The molecule has 0 atom stereocenters. The Morgan fingerprint density at radius 1 is 1.09 bits per heavy atom. The first kappa shape index (κ1) is 22.0. The first-order chi connectivity index (χ1) is 16.6. The number of nitrogens with two attached hydrogens (primary N) is 2. The van der Waals surface area contributed by atoms with E-state index in [1.165, 1.54) is 5.56 Å². The van der Waals surface area contributed by atoms with Crippen molar-refractivity contribution in [3.8, 4) is 0 Å². The molecule has 174 valence electrons. The van der Waals surface area contributed by atoms with Crippen LogP contribution >= 0.6 is 0 Å². The van der Waals surface area contributed by atoms with Gasteiger partial charge in [-0.25, -0.2) is 9.97 Å². The molecule has 0 bridgehead atoms. The van der Waals surface area contributed by atoms with Crippen molar-refractivity contribution in [1.29, 1.82) is 0 Å². The van der Waals surface area contributed by atoms with E-state index in [4.69, 9.17) is 21.4 Å². The summed E-state index contributed by atoms with van der Waals surface area (Å²) in [5, 5.41) is 16.9. The highest BCUT2D eigenvalue weighted by molar-refractivity contribution is 6.13. The molecule has 2 aromatic heterocycles. The zero-order chi connectivity index (χ0) is 23.5. The maximum Gasteiger partial charge on any atom is 0.155 e. The minimum atomic E-state index is 0.294. The number of anilines is 1. The predicted molar refractivity (Wildman–Crippen MR) is 136 cm³/mol. The molecule has 0 radical (unpaired) electrons. The molecule has 0 spiro atoms. The summed E-state index contributed by atoms with van der Waals surface area (Å²) in [5.41, 5.74) is 15.8. The standard InChI is InChI=1S/C25H29N9/c1-28-34-33-23(27)16-7-12-19-20(14-16)30-25-22(19)24(29-18-10-8-17(26)9-11-18)31-21(32-25)13-15-5-3-2-4-6-15/h2-7,12,14,17-18H,8-11,13,26H2,1H3,(H2,27,28,33)(H2,29,30,31,32). The van der Waals surface area contributed by atoms with Gasteiger partial charge in [-0.1, -0.05) is 42.5 Å². The van der Waals surface area contributed by atoms with E-state index in [1.807, 2.05) is 36.4 Å². The summed E-state index contributed by atoms with van der Waals surface area (Å²) in [6.45, 7) is 0. The lowest BCUT2D eigenvalue weighted by molar-refractivity contribution is 0.410. The van der Waals surface area contributed by atoms with E-state index in [0.717, 1.165) is 64.8 Å². The number of aromatic amines is 1. The van der Waals surface area contributed by atoms with E-state index in [1.54, 1.807) is 7.05 Å². The van der Waals surface area contributed by atoms with Crippen LogP contribution in [0.15, 0.2) is 64.0 Å². The maximum absolute atomic E-state index is 6.13. The number of nitrogens with one attached hydrogen (secondary N) is 2. The molecule has 9 heteroatoms. The van der Waals surface area contributed by atoms with Gasteiger partial charge in [0, 0.05) is 35.0 Å².